The zero-order valence-corrected chi connectivity index (χ0v) is 16.6. The van der Waals surface area contributed by atoms with Crippen LogP contribution in [0.2, 0.25) is 5.02 Å². The van der Waals surface area contributed by atoms with Crippen molar-refractivity contribution >= 4 is 34.4 Å². The zero-order valence-electron chi connectivity index (χ0n) is 15.9. The second-order valence-electron chi connectivity index (χ2n) is 6.80. The SMILES string of the molecule is CN(C)CCCNC(=O)Nc1cccc(Cn2c(=O)oc3cc(Cl)ccc32)c1. The predicted octanol–water partition coefficient (Wildman–Crippen LogP) is 3.37. The smallest absolute Gasteiger partial charge is 0.408 e. The van der Waals surface area contributed by atoms with Crippen LogP contribution in [0.4, 0.5) is 10.5 Å². The Morgan fingerprint density at radius 2 is 2.04 bits per heavy atom. The number of nitrogens with zero attached hydrogens (tertiary/aromatic N) is 2. The number of carbonyl (C=O) groups is 1. The van der Waals surface area contributed by atoms with Gasteiger partial charge in [0.05, 0.1) is 12.1 Å². The van der Waals surface area contributed by atoms with E-state index in [2.05, 4.69) is 15.5 Å². The van der Waals surface area contributed by atoms with E-state index in [1.807, 2.05) is 32.3 Å². The van der Waals surface area contributed by atoms with Crippen molar-refractivity contribution in [3.8, 4) is 0 Å². The number of oxazole rings is 1. The van der Waals surface area contributed by atoms with Gasteiger partial charge < -0.3 is 20.0 Å². The van der Waals surface area contributed by atoms with Crippen LogP contribution in [-0.2, 0) is 6.54 Å². The first-order valence-corrected chi connectivity index (χ1v) is 9.37. The van der Waals surface area contributed by atoms with Gasteiger partial charge >= 0.3 is 11.8 Å². The quantitative estimate of drug-likeness (QED) is 0.594. The fourth-order valence-electron chi connectivity index (χ4n) is 2.89. The summed E-state index contributed by atoms with van der Waals surface area (Å²) in [5, 5.41) is 6.16. The van der Waals surface area contributed by atoms with E-state index in [1.165, 1.54) is 4.57 Å². The Hall–Kier alpha value is -2.77. The third-order valence-electron chi connectivity index (χ3n) is 4.22. The maximum atomic E-state index is 12.2. The highest BCUT2D eigenvalue weighted by Gasteiger charge is 2.11. The lowest BCUT2D eigenvalue weighted by molar-refractivity contribution is 0.251. The molecule has 2 amide bonds. The number of nitrogens with one attached hydrogen (secondary N) is 2. The van der Waals surface area contributed by atoms with Crippen LogP contribution in [0, 0.1) is 0 Å². The van der Waals surface area contributed by atoms with E-state index in [4.69, 9.17) is 16.0 Å². The molecule has 0 bridgehead atoms. The fraction of sp³-hybridized carbons (Fsp3) is 0.300. The lowest BCUT2D eigenvalue weighted by atomic mass is 10.2. The Kier molecular flexibility index (Phi) is 6.38. The molecule has 0 aliphatic carbocycles. The van der Waals surface area contributed by atoms with Crippen LogP contribution >= 0.6 is 11.6 Å². The number of hydrogen-bond donors (Lipinski definition) is 2. The van der Waals surface area contributed by atoms with Crippen LogP contribution in [0.3, 0.4) is 0 Å². The summed E-state index contributed by atoms with van der Waals surface area (Å²) in [6, 6.07) is 12.2. The first-order chi connectivity index (χ1) is 13.4. The molecule has 0 saturated carbocycles. The predicted molar refractivity (Wildman–Crippen MR) is 111 cm³/mol. The molecule has 8 heteroatoms. The summed E-state index contributed by atoms with van der Waals surface area (Å²) in [7, 11) is 3.99. The van der Waals surface area contributed by atoms with E-state index in [-0.39, 0.29) is 6.03 Å². The molecule has 148 valence electrons. The summed E-state index contributed by atoms with van der Waals surface area (Å²) in [5.41, 5.74) is 2.65. The van der Waals surface area contributed by atoms with Gasteiger partial charge in [0.2, 0.25) is 0 Å². The molecule has 2 N–H and O–H groups in total. The average molecular weight is 403 g/mol. The van der Waals surface area contributed by atoms with Crippen molar-refractivity contribution in [2.24, 2.45) is 0 Å². The normalized spacial score (nSPS) is 11.1. The molecule has 0 spiro atoms. The number of rotatable bonds is 7. The van der Waals surface area contributed by atoms with Gasteiger partial charge in [-0.05, 0) is 56.9 Å². The van der Waals surface area contributed by atoms with Crippen molar-refractivity contribution in [1.82, 2.24) is 14.8 Å². The summed E-state index contributed by atoms with van der Waals surface area (Å²) < 4.78 is 6.79. The summed E-state index contributed by atoms with van der Waals surface area (Å²) in [5.74, 6) is -0.450. The Morgan fingerprint density at radius 1 is 1.21 bits per heavy atom. The molecule has 1 aromatic heterocycles. The number of halogens is 1. The Balaban J connectivity index is 1.66. The van der Waals surface area contributed by atoms with Crippen LogP contribution in [0.25, 0.3) is 11.1 Å². The van der Waals surface area contributed by atoms with E-state index < -0.39 is 5.76 Å². The third-order valence-corrected chi connectivity index (χ3v) is 4.46. The Morgan fingerprint density at radius 3 is 2.82 bits per heavy atom. The molecule has 0 atom stereocenters. The van der Waals surface area contributed by atoms with Gasteiger partial charge in [-0.1, -0.05) is 23.7 Å². The molecule has 2 aromatic carbocycles. The van der Waals surface area contributed by atoms with Crippen LogP contribution in [-0.4, -0.2) is 42.7 Å². The van der Waals surface area contributed by atoms with E-state index in [9.17, 15) is 9.59 Å². The minimum Gasteiger partial charge on any atom is -0.408 e. The molecular weight excluding hydrogens is 380 g/mol. The molecule has 0 fully saturated rings. The van der Waals surface area contributed by atoms with Crippen molar-refractivity contribution in [2.45, 2.75) is 13.0 Å². The summed E-state index contributed by atoms with van der Waals surface area (Å²) in [6.45, 7) is 1.84. The van der Waals surface area contributed by atoms with Crippen LogP contribution in [0.5, 0.6) is 0 Å². The number of amides is 2. The molecule has 0 aliphatic rings. The fourth-order valence-corrected chi connectivity index (χ4v) is 3.05. The molecule has 0 radical (unpaired) electrons. The molecule has 0 saturated heterocycles. The number of hydrogen-bond acceptors (Lipinski definition) is 4. The number of benzene rings is 2. The highest BCUT2D eigenvalue weighted by atomic mass is 35.5. The van der Waals surface area contributed by atoms with Crippen molar-refractivity contribution in [1.29, 1.82) is 0 Å². The first-order valence-electron chi connectivity index (χ1n) is 9.00. The van der Waals surface area contributed by atoms with Crippen LogP contribution < -0.4 is 16.4 Å². The van der Waals surface area contributed by atoms with Crippen LogP contribution in [0.1, 0.15) is 12.0 Å². The summed E-state index contributed by atoms with van der Waals surface area (Å²) >= 11 is 5.95. The van der Waals surface area contributed by atoms with Crippen LogP contribution in [0.15, 0.2) is 51.7 Å². The molecule has 3 rings (SSSR count). The van der Waals surface area contributed by atoms with Gasteiger partial charge in [0.1, 0.15) is 0 Å². The van der Waals surface area contributed by atoms with E-state index in [0.717, 1.165) is 18.5 Å². The first kappa shape index (κ1) is 20.0. The van der Waals surface area contributed by atoms with Gasteiger partial charge in [-0.2, -0.15) is 0 Å². The van der Waals surface area contributed by atoms with E-state index >= 15 is 0 Å². The van der Waals surface area contributed by atoms with Gasteiger partial charge in [0.15, 0.2) is 5.58 Å². The zero-order chi connectivity index (χ0) is 20.1. The van der Waals surface area contributed by atoms with Crippen molar-refractivity contribution in [3.05, 3.63) is 63.6 Å². The standard InChI is InChI=1S/C20H23ClN4O3/c1-24(2)10-4-9-22-19(26)23-16-6-3-5-14(11-16)13-25-17-8-7-15(21)12-18(17)28-20(25)27/h3,5-8,11-12H,4,9-10,13H2,1-2H3,(H2,22,23,26). The highest BCUT2D eigenvalue weighted by molar-refractivity contribution is 6.31. The largest absolute Gasteiger partial charge is 0.420 e. The Bertz CT molecular complexity index is 1030. The maximum Gasteiger partial charge on any atom is 0.420 e. The molecule has 0 aliphatic heterocycles. The van der Waals surface area contributed by atoms with Crippen molar-refractivity contribution in [2.75, 3.05) is 32.5 Å². The number of anilines is 1. The summed E-state index contributed by atoms with van der Waals surface area (Å²) in [6.07, 6.45) is 0.876. The molecule has 28 heavy (non-hydrogen) atoms. The van der Waals surface area contributed by atoms with E-state index in [0.29, 0.717) is 34.9 Å². The maximum absolute atomic E-state index is 12.2. The number of aromatic nitrogens is 1. The molecule has 7 nitrogen and oxygen atoms in total. The second kappa shape index (κ2) is 8.95. The summed E-state index contributed by atoms with van der Waals surface area (Å²) in [4.78, 5) is 26.3. The van der Waals surface area contributed by atoms with Gasteiger partial charge in [-0.25, -0.2) is 9.59 Å². The van der Waals surface area contributed by atoms with Crippen molar-refractivity contribution in [3.63, 3.8) is 0 Å². The average Bonchev–Trinajstić information content (AvgIpc) is 2.93. The van der Waals surface area contributed by atoms with Crippen molar-refractivity contribution < 1.29 is 9.21 Å². The monoisotopic (exact) mass is 402 g/mol. The molecule has 0 unspecified atom stereocenters. The second-order valence-corrected chi connectivity index (χ2v) is 7.24. The van der Waals surface area contributed by atoms with Gasteiger partial charge in [0, 0.05) is 23.3 Å². The van der Waals surface area contributed by atoms with E-state index in [1.54, 1.807) is 24.3 Å². The number of carbonyl (C=O) groups excluding carboxylic acids is 1. The third kappa shape index (κ3) is 5.15. The minimum absolute atomic E-state index is 0.253. The molecule has 1 heterocycles. The lowest BCUT2D eigenvalue weighted by Gasteiger charge is -2.11. The lowest BCUT2D eigenvalue weighted by Crippen LogP contribution is -2.31. The highest BCUT2D eigenvalue weighted by Crippen LogP contribution is 2.20. The Labute approximate surface area is 167 Å². The molecular formula is C20H23ClN4O3. The molecule has 3 aromatic rings. The number of fused-ring (bicyclic) bond motifs is 1. The number of urea groups is 1. The van der Waals surface area contributed by atoms with Gasteiger partial charge in [-0.3, -0.25) is 4.57 Å². The van der Waals surface area contributed by atoms with Gasteiger partial charge in [0.25, 0.3) is 0 Å². The minimum atomic E-state index is -0.450. The topological polar surface area (TPSA) is 79.5 Å². The van der Waals surface area contributed by atoms with Gasteiger partial charge in [-0.15, -0.1) is 0 Å².